The summed E-state index contributed by atoms with van der Waals surface area (Å²) in [7, 11) is -3.02. The Labute approximate surface area is 238 Å². The Kier molecular flexibility index (Phi) is 9.61. The van der Waals surface area contributed by atoms with Crippen molar-refractivity contribution >= 4 is 45.3 Å². The van der Waals surface area contributed by atoms with Gasteiger partial charge in [-0.15, -0.1) is 0 Å². The van der Waals surface area contributed by atoms with Crippen molar-refractivity contribution in [3.63, 3.8) is 0 Å². The second kappa shape index (κ2) is 12.7. The number of methoxy groups -OCH3 is 1. The van der Waals surface area contributed by atoms with Crippen LogP contribution in [0.5, 0.6) is 0 Å². The number of sulfonamides is 1. The summed E-state index contributed by atoms with van der Waals surface area (Å²) >= 11 is 0. The number of aromatic nitrogens is 1. The lowest BCUT2D eigenvalue weighted by atomic mass is 9.95. The zero-order chi connectivity index (χ0) is 30.4. The van der Waals surface area contributed by atoms with Crippen LogP contribution in [0.25, 0.3) is 6.08 Å². The molecule has 3 aromatic rings. The molecule has 216 valence electrons. The summed E-state index contributed by atoms with van der Waals surface area (Å²) in [6, 6.07) is 9.69. The summed E-state index contributed by atoms with van der Waals surface area (Å²) in [6.45, 7) is 8.87. The highest BCUT2D eigenvalue weighted by Gasteiger charge is 2.26. The highest BCUT2D eigenvalue weighted by Crippen LogP contribution is 2.26. The predicted molar refractivity (Wildman–Crippen MR) is 153 cm³/mol. The largest absolute Gasteiger partial charge is 0.467 e. The van der Waals surface area contributed by atoms with Crippen LogP contribution >= 0.6 is 0 Å². The molecule has 1 aromatic heterocycles. The first kappa shape index (κ1) is 31.0. The van der Waals surface area contributed by atoms with Crippen LogP contribution in [0, 0.1) is 11.2 Å². The molecule has 1 atom stereocenters. The van der Waals surface area contributed by atoms with E-state index in [-0.39, 0.29) is 28.5 Å². The zero-order valence-electron chi connectivity index (χ0n) is 23.0. The van der Waals surface area contributed by atoms with Gasteiger partial charge in [0.2, 0.25) is 5.91 Å². The maximum absolute atomic E-state index is 15.1. The minimum absolute atomic E-state index is 0.0543. The number of esters is 1. The molecule has 0 unspecified atom stereocenters. The highest BCUT2D eigenvalue weighted by molar-refractivity contribution is 7.92. The number of nitrogens with zero attached hydrogens (tertiary/aromatic N) is 1. The van der Waals surface area contributed by atoms with Crippen LogP contribution in [0.3, 0.4) is 0 Å². The number of rotatable bonds is 10. The number of hydrogen-bond donors (Lipinski definition) is 3. The third kappa shape index (κ3) is 7.98. The van der Waals surface area contributed by atoms with Crippen molar-refractivity contribution in [2.75, 3.05) is 17.1 Å². The molecule has 0 radical (unpaired) electrons. The van der Waals surface area contributed by atoms with Crippen LogP contribution in [0.1, 0.15) is 42.3 Å². The van der Waals surface area contributed by atoms with Crippen molar-refractivity contribution in [2.24, 2.45) is 5.41 Å². The summed E-state index contributed by atoms with van der Waals surface area (Å²) in [4.78, 5) is 41.3. The molecule has 0 aliphatic heterocycles. The van der Waals surface area contributed by atoms with E-state index in [1.807, 2.05) is 0 Å². The lowest BCUT2D eigenvalue weighted by molar-refractivity contribution is -0.142. The summed E-state index contributed by atoms with van der Waals surface area (Å²) in [5, 5.41) is 5.17. The number of carbonyl (C=O) groups excluding carboxylic acids is 3. The Hall–Kier alpha value is -4.58. The first-order chi connectivity index (χ1) is 19.2. The van der Waals surface area contributed by atoms with E-state index in [9.17, 15) is 22.8 Å². The number of benzene rings is 2. The van der Waals surface area contributed by atoms with Gasteiger partial charge in [-0.1, -0.05) is 39.5 Å². The number of ether oxygens (including phenoxy) is 1. The van der Waals surface area contributed by atoms with Crippen LogP contribution in [0.15, 0.2) is 72.4 Å². The van der Waals surface area contributed by atoms with Gasteiger partial charge in [-0.3, -0.25) is 19.3 Å². The van der Waals surface area contributed by atoms with Gasteiger partial charge in [-0.2, -0.15) is 0 Å². The summed E-state index contributed by atoms with van der Waals surface area (Å²) in [5.74, 6) is -2.92. The number of nitrogens with one attached hydrogen (secondary N) is 3. The third-order valence-electron chi connectivity index (χ3n) is 5.91. The van der Waals surface area contributed by atoms with Gasteiger partial charge in [-0.25, -0.2) is 17.6 Å². The maximum Gasteiger partial charge on any atom is 0.328 e. The van der Waals surface area contributed by atoms with Gasteiger partial charge in [0, 0.05) is 29.9 Å². The molecule has 41 heavy (non-hydrogen) atoms. The van der Waals surface area contributed by atoms with Crippen LogP contribution in [0.4, 0.5) is 15.8 Å². The fourth-order valence-electron chi connectivity index (χ4n) is 3.59. The average Bonchev–Trinajstić information content (AvgIpc) is 2.92. The molecule has 0 saturated heterocycles. The van der Waals surface area contributed by atoms with E-state index in [1.54, 1.807) is 39.1 Å². The second-order valence-corrected chi connectivity index (χ2v) is 11.8. The molecule has 12 heteroatoms. The molecule has 1 heterocycles. The monoisotopic (exact) mass is 582 g/mol. The number of carbonyl (C=O) groups is 3. The normalized spacial score (nSPS) is 12.1. The van der Waals surface area contributed by atoms with Gasteiger partial charge in [0.25, 0.3) is 15.9 Å². The van der Waals surface area contributed by atoms with Gasteiger partial charge in [0.15, 0.2) is 0 Å². The molecule has 3 rings (SSSR count). The Bertz CT molecular complexity index is 1550. The molecule has 3 N–H and O–H groups in total. The molecule has 0 saturated carbocycles. The fraction of sp³-hybridized carbons (Fsp3) is 0.241. The van der Waals surface area contributed by atoms with Crippen molar-refractivity contribution in [1.29, 1.82) is 0 Å². The van der Waals surface area contributed by atoms with E-state index in [1.165, 1.54) is 36.5 Å². The zero-order valence-corrected chi connectivity index (χ0v) is 23.8. The van der Waals surface area contributed by atoms with Crippen molar-refractivity contribution < 1.29 is 31.9 Å². The minimum Gasteiger partial charge on any atom is -0.467 e. The molecule has 0 aliphatic rings. The van der Waals surface area contributed by atoms with E-state index in [0.717, 1.165) is 19.2 Å². The van der Waals surface area contributed by atoms with E-state index in [4.69, 9.17) is 4.74 Å². The summed E-state index contributed by atoms with van der Waals surface area (Å²) in [5.41, 5.74) is -0.0483. The topological polar surface area (TPSA) is 144 Å². The summed E-state index contributed by atoms with van der Waals surface area (Å²) in [6.07, 6.45) is 4.39. The Balaban J connectivity index is 1.81. The van der Waals surface area contributed by atoms with Gasteiger partial charge < -0.3 is 15.4 Å². The van der Waals surface area contributed by atoms with Crippen LogP contribution in [-0.4, -0.2) is 44.3 Å². The first-order valence-corrected chi connectivity index (χ1v) is 13.9. The van der Waals surface area contributed by atoms with Crippen molar-refractivity contribution in [3.05, 3.63) is 90.0 Å². The molecular weight excluding hydrogens is 551 g/mol. The van der Waals surface area contributed by atoms with Crippen LogP contribution in [-0.2, 0) is 30.8 Å². The number of pyridine rings is 1. The Morgan fingerprint density at radius 2 is 1.80 bits per heavy atom. The number of hydrogen-bond acceptors (Lipinski definition) is 7. The molecule has 2 aromatic carbocycles. The Morgan fingerprint density at radius 3 is 2.37 bits per heavy atom. The molecule has 10 nitrogen and oxygen atoms in total. The lowest BCUT2D eigenvalue weighted by Crippen LogP contribution is -2.43. The second-order valence-electron chi connectivity index (χ2n) is 10.1. The SMILES string of the molecule is C=Cc1cc(C(=O)N[C@@H](Cc2cccnc2)C(=O)OC)c(F)cc1NS(=O)(=O)c1ccc(NC(=O)C(C)(C)C)cc1. The van der Waals surface area contributed by atoms with Crippen molar-refractivity contribution in [3.8, 4) is 0 Å². The number of amides is 2. The van der Waals surface area contributed by atoms with E-state index >= 15 is 4.39 Å². The van der Waals surface area contributed by atoms with Crippen LogP contribution < -0.4 is 15.4 Å². The number of anilines is 2. The molecular formula is C29H31FN4O6S. The quantitative estimate of drug-likeness (QED) is 0.305. The van der Waals surface area contributed by atoms with E-state index < -0.39 is 44.7 Å². The smallest absolute Gasteiger partial charge is 0.328 e. The predicted octanol–water partition coefficient (Wildman–Crippen LogP) is 4.16. The molecule has 0 fully saturated rings. The first-order valence-electron chi connectivity index (χ1n) is 12.4. The van der Waals surface area contributed by atoms with E-state index in [2.05, 4.69) is 26.9 Å². The Morgan fingerprint density at radius 1 is 1.12 bits per heavy atom. The summed E-state index contributed by atoms with van der Waals surface area (Å²) < 4.78 is 48.3. The molecule has 0 bridgehead atoms. The lowest BCUT2D eigenvalue weighted by Gasteiger charge is -2.18. The van der Waals surface area contributed by atoms with Gasteiger partial charge in [0.1, 0.15) is 11.9 Å². The fourth-order valence-corrected chi connectivity index (χ4v) is 4.67. The van der Waals surface area contributed by atoms with Crippen molar-refractivity contribution in [2.45, 2.75) is 38.1 Å². The van der Waals surface area contributed by atoms with Crippen LogP contribution in [0.2, 0.25) is 0 Å². The molecule has 0 aliphatic carbocycles. The average molecular weight is 583 g/mol. The van der Waals surface area contributed by atoms with Gasteiger partial charge >= 0.3 is 5.97 Å². The van der Waals surface area contributed by atoms with Gasteiger partial charge in [-0.05, 0) is 53.6 Å². The van der Waals surface area contributed by atoms with Crippen molar-refractivity contribution in [1.82, 2.24) is 10.3 Å². The standard InChI is InChI=1S/C29H31FN4O6S/c1-6-19-15-22(26(35)33-25(27(36)40-5)14-18-8-7-13-31-17-18)23(30)16-24(19)34-41(38,39)21-11-9-20(10-12-21)32-28(37)29(2,3)4/h6-13,15-17,25,34H,1,14H2,2-5H3,(H,32,37)(H,33,35)/t25-/m0/s1. The molecule has 2 amide bonds. The minimum atomic E-state index is -4.18. The highest BCUT2D eigenvalue weighted by atomic mass is 32.2. The van der Waals surface area contributed by atoms with E-state index in [0.29, 0.717) is 11.3 Å². The maximum atomic E-state index is 15.1. The number of halogens is 1. The third-order valence-corrected chi connectivity index (χ3v) is 7.29. The van der Waals surface area contributed by atoms with Gasteiger partial charge in [0.05, 0.1) is 23.3 Å². The molecule has 0 spiro atoms.